The van der Waals surface area contributed by atoms with Gasteiger partial charge in [0, 0.05) is 13.0 Å². The highest BCUT2D eigenvalue weighted by molar-refractivity contribution is 5.94. The molecular formula is C23H27F6N3O. The van der Waals surface area contributed by atoms with Gasteiger partial charge in [-0.15, -0.1) is 0 Å². The second-order valence-electron chi connectivity index (χ2n) is 7.69. The van der Waals surface area contributed by atoms with Crippen LogP contribution in [0.3, 0.4) is 0 Å². The van der Waals surface area contributed by atoms with Gasteiger partial charge in [-0.25, -0.2) is 13.2 Å². The molecule has 0 saturated heterocycles. The smallest absolute Gasteiger partial charge is 0.395 e. The van der Waals surface area contributed by atoms with E-state index in [1.54, 1.807) is 0 Å². The summed E-state index contributed by atoms with van der Waals surface area (Å²) in [6.45, 7) is -0.904. The number of carbonyl (C=O) groups excluding carboxylic acids is 1. The van der Waals surface area contributed by atoms with Gasteiger partial charge >= 0.3 is 6.18 Å². The normalized spacial score (nSPS) is 12.4. The molecule has 2 aromatic rings. The van der Waals surface area contributed by atoms with E-state index in [9.17, 15) is 31.1 Å². The van der Waals surface area contributed by atoms with Crippen LogP contribution < -0.4 is 16.4 Å². The molecule has 0 aliphatic rings. The van der Waals surface area contributed by atoms with Gasteiger partial charge in [0.25, 0.3) is 0 Å². The lowest BCUT2D eigenvalue weighted by Crippen LogP contribution is -2.14. The van der Waals surface area contributed by atoms with Crippen LogP contribution in [0.2, 0.25) is 0 Å². The fourth-order valence-electron chi connectivity index (χ4n) is 3.14. The highest BCUT2D eigenvalue weighted by atomic mass is 19.4. The van der Waals surface area contributed by atoms with Crippen LogP contribution in [0.25, 0.3) is 0 Å². The summed E-state index contributed by atoms with van der Waals surface area (Å²) in [5, 5.41) is 5.32. The topological polar surface area (TPSA) is 67.1 Å². The number of rotatable bonds is 12. The molecule has 4 N–H and O–H groups in total. The Morgan fingerprint density at radius 3 is 2.24 bits per heavy atom. The van der Waals surface area contributed by atoms with Crippen molar-refractivity contribution in [2.75, 3.05) is 23.0 Å². The Morgan fingerprint density at radius 2 is 1.61 bits per heavy atom. The fraction of sp³-hybridized carbons (Fsp3) is 0.435. The van der Waals surface area contributed by atoms with Gasteiger partial charge < -0.3 is 16.4 Å². The maximum Gasteiger partial charge on any atom is 0.416 e. The summed E-state index contributed by atoms with van der Waals surface area (Å²) >= 11 is 0. The van der Waals surface area contributed by atoms with Crippen molar-refractivity contribution in [3.8, 4) is 0 Å². The standard InChI is InChI=1S/C23H27F6N3O/c24-13-17(25)5-3-1-2-4-6-20(33)32-19-12-11-18(21(26)22(19)30)31-14-15-7-9-16(10-8-15)23(27,28)29/h7-12,17,31H,1-6,13-14,30H2,(H,32,33)/t17-/m0/s1. The number of unbranched alkanes of at least 4 members (excludes halogenated alkanes) is 3. The van der Waals surface area contributed by atoms with Crippen molar-refractivity contribution in [2.24, 2.45) is 0 Å². The predicted molar refractivity (Wildman–Crippen MR) is 117 cm³/mol. The first-order chi connectivity index (χ1) is 15.6. The molecule has 0 heterocycles. The predicted octanol–water partition coefficient (Wildman–Crippen LogP) is 6.63. The zero-order chi connectivity index (χ0) is 24.4. The zero-order valence-electron chi connectivity index (χ0n) is 18.0. The lowest BCUT2D eigenvalue weighted by Gasteiger charge is -2.14. The Hall–Kier alpha value is -2.91. The van der Waals surface area contributed by atoms with Gasteiger partial charge in [0.15, 0.2) is 5.82 Å². The number of benzene rings is 2. The van der Waals surface area contributed by atoms with E-state index in [1.807, 2.05) is 0 Å². The Kier molecular flexibility index (Phi) is 9.87. The minimum Gasteiger partial charge on any atom is -0.395 e. The van der Waals surface area contributed by atoms with E-state index in [2.05, 4.69) is 10.6 Å². The van der Waals surface area contributed by atoms with E-state index in [4.69, 9.17) is 5.73 Å². The molecule has 2 aromatic carbocycles. The van der Waals surface area contributed by atoms with E-state index < -0.39 is 30.4 Å². The van der Waals surface area contributed by atoms with E-state index in [1.165, 1.54) is 24.3 Å². The highest BCUT2D eigenvalue weighted by Gasteiger charge is 2.29. The molecule has 0 aliphatic carbocycles. The molecule has 2 rings (SSSR count). The third-order valence-corrected chi connectivity index (χ3v) is 5.06. The maximum absolute atomic E-state index is 14.6. The van der Waals surface area contributed by atoms with Crippen molar-refractivity contribution in [1.82, 2.24) is 0 Å². The molecule has 1 atom stereocenters. The zero-order valence-corrected chi connectivity index (χ0v) is 18.0. The van der Waals surface area contributed by atoms with E-state index in [-0.39, 0.29) is 42.4 Å². The van der Waals surface area contributed by atoms with Crippen LogP contribution in [0, 0.1) is 5.82 Å². The number of nitrogen functional groups attached to an aromatic ring is 1. The average Bonchev–Trinajstić information content (AvgIpc) is 2.78. The molecule has 1 amide bonds. The van der Waals surface area contributed by atoms with Crippen LogP contribution >= 0.6 is 0 Å². The molecule has 0 saturated carbocycles. The summed E-state index contributed by atoms with van der Waals surface area (Å²) < 4.78 is 77.2. The van der Waals surface area contributed by atoms with Crippen molar-refractivity contribution < 1.29 is 31.1 Å². The maximum atomic E-state index is 14.6. The van der Waals surface area contributed by atoms with Crippen molar-refractivity contribution >= 4 is 23.0 Å². The molecule has 0 unspecified atom stereocenters. The molecule has 182 valence electrons. The number of nitrogens with one attached hydrogen (secondary N) is 2. The molecule has 0 aliphatic heterocycles. The minimum absolute atomic E-state index is 0.0462. The Bertz CT molecular complexity index is 902. The molecule has 0 spiro atoms. The van der Waals surface area contributed by atoms with E-state index in [0.717, 1.165) is 12.1 Å². The number of alkyl halides is 5. The quantitative estimate of drug-likeness (QED) is 0.183. The highest BCUT2D eigenvalue weighted by Crippen LogP contribution is 2.30. The largest absolute Gasteiger partial charge is 0.416 e. The van der Waals surface area contributed by atoms with Gasteiger partial charge in [0.05, 0.1) is 22.6 Å². The summed E-state index contributed by atoms with van der Waals surface area (Å²) in [6, 6.07) is 7.29. The van der Waals surface area contributed by atoms with Crippen molar-refractivity contribution in [3.05, 3.63) is 53.3 Å². The first-order valence-electron chi connectivity index (χ1n) is 10.6. The van der Waals surface area contributed by atoms with Gasteiger partial charge in [-0.2, -0.15) is 13.2 Å². The lowest BCUT2D eigenvalue weighted by molar-refractivity contribution is -0.137. The number of amides is 1. The van der Waals surface area contributed by atoms with Crippen LogP contribution in [0.4, 0.5) is 43.4 Å². The summed E-state index contributed by atoms with van der Waals surface area (Å²) in [6.07, 6.45) is -3.05. The summed E-state index contributed by atoms with van der Waals surface area (Å²) in [5.74, 6) is -1.13. The van der Waals surface area contributed by atoms with Gasteiger partial charge in [0.2, 0.25) is 5.91 Å². The van der Waals surface area contributed by atoms with Crippen LogP contribution in [-0.2, 0) is 17.5 Å². The molecule has 4 nitrogen and oxygen atoms in total. The summed E-state index contributed by atoms with van der Waals surface area (Å²) in [4.78, 5) is 12.1. The van der Waals surface area contributed by atoms with Crippen LogP contribution in [0.1, 0.15) is 49.7 Å². The monoisotopic (exact) mass is 475 g/mol. The van der Waals surface area contributed by atoms with Gasteiger partial charge in [0.1, 0.15) is 12.8 Å². The average molecular weight is 475 g/mol. The number of carbonyl (C=O) groups is 1. The molecule has 0 aromatic heterocycles. The number of hydrogen-bond donors (Lipinski definition) is 3. The Morgan fingerprint density at radius 1 is 0.970 bits per heavy atom. The van der Waals surface area contributed by atoms with Crippen LogP contribution in [0.15, 0.2) is 36.4 Å². The third kappa shape index (κ3) is 8.51. The SMILES string of the molecule is Nc1c(NC(=O)CCCCCC[C@H](F)CF)ccc(NCc2ccc(C(F)(F)F)cc2)c1F. The molecule has 0 bridgehead atoms. The van der Waals surface area contributed by atoms with Gasteiger partial charge in [-0.05, 0) is 42.7 Å². The fourth-order valence-corrected chi connectivity index (χ4v) is 3.14. The van der Waals surface area contributed by atoms with Crippen molar-refractivity contribution in [2.45, 2.75) is 57.4 Å². The van der Waals surface area contributed by atoms with E-state index in [0.29, 0.717) is 31.2 Å². The minimum atomic E-state index is -4.43. The first kappa shape index (κ1) is 26.3. The number of hydrogen-bond acceptors (Lipinski definition) is 3. The second-order valence-corrected chi connectivity index (χ2v) is 7.69. The third-order valence-electron chi connectivity index (χ3n) is 5.06. The summed E-state index contributed by atoms with van der Waals surface area (Å²) in [5.41, 5.74) is 5.43. The molecule has 0 fully saturated rings. The van der Waals surface area contributed by atoms with Crippen LogP contribution in [-0.4, -0.2) is 18.8 Å². The second kappa shape index (κ2) is 12.4. The summed E-state index contributed by atoms with van der Waals surface area (Å²) in [7, 11) is 0. The van der Waals surface area contributed by atoms with Crippen LogP contribution in [0.5, 0.6) is 0 Å². The number of anilines is 3. The van der Waals surface area contributed by atoms with Crippen molar-refractivity contribution in [3.63, 3.8) is 0 Å². The lowest BCUT2D eigenvalue weighted by atomic mass is 10.1. The van der Waals surface area contributed by atoms with Gasteiger partial charge in [-0.1, -0.05) is 31.4 Å². The number of nitrogens with two attached hydrogens (primary N) is 1. The molecule has 10 heteroatoms. The van der Waals surface area contributed by atoms with E-state index >= 15 is 0 Å². The molecule has 33 heavy (non-hydrogen) atoms. The van der Waals surface area contributed by atoms with Gasteiger partial charge in [-0.3, -0.25) is 4.79 Å². The number of halogens is 6. The first-order valence-corrected chi connectivity index (χ1v) is 10.6. The molecule has 0 radical (unpaired) electrons. The Balaban J connectivity index is 1.82. The Labute approximate surface area is 188 Å². The molecular weight excluding hydrogens is 448 g/mol. The van der Waals surface area contributed by atoms with Crippen molar-refractivity contribution in [1.29, 1.82) is 0 Å².